The standard InChI is InChI=1S/C21H26FN5O4S.CH3F/c22-17-4-2-1-3-16(17)20(28)25-18-13-23-26-19(18)21(29)24-14-5-7-15(8-6-14)27-9-11-32(30,31)12-10-27;1-2/h1-4,13-15H,5-12H2,(H,23,26)(H,24,29)(H,25,28);1H3. The maximum atomic E-state index is 13.8. The number of aromatic amines is 1. The number of amides is 2. The van der Waals surface area contributed by atoms with Crippen LogP contribution in [0.2, 0.25) is 0 Å². The molecule has 2 fully saturated rings. The molecular formula is C22H29F2N5O4S. The molecule has 0 atom stereocenters. The van der Waals surface area contributed by atoms with Crippen molar-refractivity contribution in [2.24, 2.45) is 0 Å². The molecule has 2 aromatic rings. The van der Waals surface area contributed by atoms with E-state index in [2.05, 4.69) is 25.7 Å². The summed E-state index contributed by atoms with van der Waals surface area (Å²) >= 11 is 0. The molecule has 3 N–H and O–H groups in total. The zero-order chi connectivity index (χ0) is 24.7. The number of carbonyl (C=O) groups is 2. The van der Waals surface area contributed by atoms with Crippen LogP contribution in [0.15, 0.2) is 30.5 Å². The highest BCUT2D eigenvalue weighted by Gasteiger charge is 2.31. The Bertz CT molecular complexity index is 1090. The molecule has 186 valence electrons. The molecule has 9 nitrogen and oxygen atoms in total. The number of nitrogens with zero attached hydrogens (tertiary/aromatic N) is 2. The molecule has 1 saturated heterocycles. The topological polar surface area (TPSA) is 124 Å². The van der Waals surface area contributed by atoms with Gasteiger partial charge in [0.2, 0.25) is 0 Å². The quantitative estimate of drug-likeness (QED) is 0.582. The Balaban J connectivity index is 0.00000158. The number of alkyl halides is 1. The predicted molar refractivity (Wildman–Crippen MR) is 124 cm³/mol. The molecule has 0 bridgehead atoms. The van der Waals surface area contributed by atoms with Crippen molar-refractivity contribution in [2.75, 3.05) is 37.1 Å². The average Bonchev–Trinajstić information content (AvgIpc) is 3.29. The number of hydrogen-bond acceptors (Lipinski definition) is 6. The second kappa shape index (κ2) is 11.5. The van der Waals surface area contributed by atoms with Crippen molar-refractivity contribution < 1.29 is 26.8 Å². The number of hydrogen-bond donors (Lipinski definition) is 3. The molecule has 1 saturated carbocycles. The third-order valence-electron chi connectivity index (χ3n) is 6.16. The Kier molecular flexibility index (Phi) is 8.72. The van der Waals surface area contributed by atoms with Crippen LogP contribution in [0, 0.1) is 5.82 Å². The summed E-state index contributed by atoms with van der Waals surface area (Å²) in [5.41, 5.74) is 0.168. The van der Waals surface area contributed by atoms with Gasteiger partial charge in [0.15, 0.2) is 9.84 Å². The molecule has 2 amide bonds. The lowest BCUT2D eigenvalue weighted by Crippen LogP contribution is -2.49. The summed E-state index contributed by atoms with van der Waals surface area (Å²) in [5.74, 6) is -1.28. The van der Waals surface area contributed by atoms with Gasteiger partial charge in [-0.3, -0.25) is 24.0 Å². The van der Waals surface area contributed by atoms with Gasteiger partial charge in [-0.05, 0) is 37.8 Å². The van der Waals surface area contributed by atoms with E-state index >= 15 is 0 Å². The number of halogens is 2. The van der Waals surface area contributed by atoms with Gasteiger partial charge in [0.05, 0.1) is 36.1 Å². The van der Waals surface area contributed by atoms with Gasteiger partial charge in [0.1, 0.15) is 11.5 Å². The largest absolute Gasteiger partial charge is 0.348 e. The van der Waals surface area contributed by atoms with E-state index in [1.165, 1.54) is 24.4 Å². The molecule has 1 aliphatic carbocycles. The van der Waals surface area contributed by atoms with Crippen molar-refractivity contribution in [1.82, 2.24) is 20.4 Å². The van der Waals surface area contributed by atoms with Crippen LogP contribution in [0.3, 0.4) is 0 Å². The number of nitrogens with one attached hydrogen (secondary N) is 3. The second-order valence-corrected chi connectivity index (χ2v) is 10.6. The molecular weight excluding hydrogens is 468 g/mol. The van der Waals surface area contributed by atoms with Gasteiger partial charge in [-0.25, -0.2) is 12.8 Å². The number of sulfone groups is 1. The first kappa shape index (κ1) is 25.8. The van der Waals surface area contributed by atoms with Gasteiger partial charge < -0.3 is 10.6 Å². The number of aromatic nitrogens is 2. The van der Waals surface area contributed by atoms with E-state index < -0.39 is 21.6 Å². The Morgan fingerprint density at radius 3 is 2.35 bits per heavy atom. The monoisotopic (exact) mass is 497 g/mol. The summed E-state index contributed by atoms with van der Waals surface area (Å²) in [6.07, 6.45) is 4.64. The molecule has 1 aliphatic heterocycles. The molecule has 12 heteroatoms. The van der Waals surface area contributed by atoms with E-state index in [9.17, 15) is 26.8 Å². The minimum Gasteiger partial charge on any atom is -0.348 e. The van der Waals surface area contributed by atoms with Crippen molar-refractivity contribution in [3.05, 3.63) is 47.5 Å². The third-order valence-corrected chi connectivity index (χ3v) is 7.77. The molecule has 1 aromatic heterocycles. The highest BCUT2D eigenvalue weighted by atomic mass is 32.2. The molecule has 0 spiro atoms. The smallest absolute Gasteiger partial charge is 0.271 e. The van der Waals surface area contributed by atoms with Crippen LogP contribution < -0.4 is 10.6 Å². The number of H-pyrrole nitrogens is 1. The summed E-state index contributed by atoms with van der Waals surface area (Å²) in [5, 5.41) is 11.9. The number of rotatable bonds is 5. The molecule has 2 aliphatic rings. The number of carbonyl (C=O) groups excluding carboxylic acids is 2. The second-order valence-electron chi connectivity index (χ2n) is 8.26. The molecule has 0 unspecified atom stereocenters. The van der Waals surface area contributed by atoms with Crippen LogP contribution in [0.4, 0.5) is 14.5 Å². The Morgan fingerprint density at radius 2 is 1.71 bits per heavy atom. The third kappa shape index (κ3) is 6.38. The number of anilines is 1. The van der Waals surface area contributed by atoms with E-state index in [-0.39, 0.29) is 40.4 Å². The van der Waals surface area contributed by atoms with Crippen molar-refractivity contribution in [2.45, 2.75) is 37.8 Å². The average molecular weight is 498 g/mol. The molecule has 4 rings (SSSR count). The minimum absolute atomic E-state index is 0.0225. The van der Waals surface area contributed by atoms with E-state index in [1.54, 1.807) is 6.07 Å². The van der Waals surface area contributed by atoms with Crippen LogP contribution in [-0.4, -0.2) is 79.2 Å². The zero-order valence-electron chi connectivity index (χ0n) is 18.9. The van der Waals surface area contributed by atoms with Gasteiger partial charge in [0, 0.05) is 25.2 Å². The summed E-state index contributed by atoms with van der Waals surface area (Å²) in [4.78, 5) is 27.3. The van der Waals surface area contributed by atoms with E-state index in [4.69, 9.17) is 0 Å². The fraction of sp³-hybridized carbons (Fsp3) is 0.500. The van der Waals surface area contributed by atoms with Gasteiger partial charge in [-0.2, -0.15) is 5.10 Å². The summed E-state index contributed by atoms with van der Waals surface area (Å²) in [6, 6.07) is 5.91. The Morgan fingerprint density at radius 1 is 1.06 bits per heavy atom. The Hall–Kier alpha value is -2.86. The van der Waals surface area contributed by atoms with Crippen molar-refractivity contribution in [3.63, 3.8) is 0 Å². The van der Waals surface area contributed by atoms with Crippen LogP contribution in [-0.2, 0) is 9.84 Å². The van der Waals surface area contributed by atoms with Crippen molar-refractivity contribution in [1.29, 1.82) is 0 Å². The minimum atomic E-state index is -2.90. The highest BCUT2D eigenvalue weighted by molar-refractivity contribution is 7.91. The van der Waals surface area contributed by atoms with Crippen molar-refractivity contribution >= 4 is 27.3 Å². The van der Waals surface area contributed by atoms with Gasteiger partial charge >= 0.3 is 0 Å². The van der Waals surface area contributed by atoms with Crippen LogP contribution >= 0.6 is 0 Å². The summed E-state index contributed by atoms with van der Waals surface area (Å²) in [6.45, 7) is 1.15. The van der Waals surface area contributed by atoms with Crippen LogP contribution in [0.25, 0.3) is 0 Å². The molecule has 1 aromatic carbocycles. The van der Waals surface area contributed by atoms with Crippen LogP contribution in [0.5, 0.6) is 0 Å². The first-order valence-corrected chi connectivity index (χ1v) is 12.9. The zero-order valence-corrected chi connectivity index (χ0v) is 19.7. The molecule has 0 radical (unpaired) electrons. The van der Waals surface area contributed by atoms with E-state index in [0.29, 0.717) is 26.3 Å². The summed E-state index contributed by atoms with van der Waals surface area (Å²) in [7, 11) is -2.40. The SMILES string of the molecule is CF.O=C(Nc1cn[nH]c1C(=O)NC1CCC(N2CCS(=O)(=O)CC2)CC1)c1ccccc1F. The number of benzene rings is 1. The Labute approximate surface area is 197 Å². The fourth-order valence-electron chi connectivity index (χ4n) is 4.32. The normalized spacial score (nSPS) is 22.2. The lowest BCUT2D eigenvalue weighted by atomic mass is 9.90. The maximum absolute atomic E-state index is 13.8. The maximum Gasteiger partial charge on any atom is 0.271 e. The lowest BCUT2D eigenvalue weighted by molar-refractivity contribution is 0.0901. The van der Waals surface area contributed by atoms with Crippen molar-refractivity contribution in [3.8, 4) is 0 Å². The first-order valence-electron chi connectivity index (χ1n) is 11.0. The fourth-order valence-corrected chi connectivity index (χ4v) is 5.55. The van der Waals surface area contributed by atoms with Gasteiger partial charge in [0.25, 0.3) is 11.8 Å². The van der Waals surface area contributed by atoms with E-state index in [1.807, 2.05) is 0 Å². The van der Waals surface area contributed by atoms with Gasteiger partial charge in [-0.15, -0.1) is 0 Å². The van der Waals surface area contributed by atoms with E-state index in [0.717, 1.165) is 25.7 Å². The molecule has 34 heavy (non-hydrogen) atoms. The highest BCUT2D eigenvalue weighted by Crippen LogP contribution is 2.25. The first-order chi connectivity index (χ1) is 16.3. The van der Waals surface area contributed by atoms with Crippen LogP contribution in [0.1, 0.15) is 46.5 Å². The summed E-state index contributed by atoms with van der Waals surface area (Å²) < 4.78 is 46.6. The van der Waals surface area contributed by atoms with Gasteiger partial charge in [-0.1, -0.05) is 12.1 Å². The lowest BCUT2D eigenvalue weighted by Gasteiger charge is -2.38. The predicted octanol–water partition coefficient (Wildman–Crippen LogP) is 2.16. The molecule has 2 heterocycles.